The summed E-state index contributed by atoms with van der Waals surface area (Å²) in [6.45, 7) is 10.4. The van der Waals surface area contributed by atoms with Crippen molar-refractivity contribution in [1.82, 2.24) is 4.90 Å². The highest BCUT2D eigenvalue weighted by Crippen LogP contribution is 2.47. The van der Waals surface area contributed by atoms with Gasteiger partial charge in [0.05, 0.1) is 26.1 Å². The molecule has 8 nitrogen and oxygen atoms in total. The lowest BCUT2D eigenvalue weighted by atomic mass is 9.62. The number of carbonyl (C=O) groups is 2. The van der Waals surface area contributed by atoms with Crippen molar-refractivity contribution in [2.45, 2.75) is 34.6 Å². The molecule has 0 aliphatic rings. The molecular weight excluding hydrogens is 426 g/mol. The van der Waals surface area contributed by atoms with E-state index in [2.05, 4.69) is 0 Å². The van der Waals surface area contributed by atoms with Crippen LogP contribution in [0.4, 0.5) is 0 Å². The molecule has 0 fully saturated rings. The molecule has 0 saturated heterocycles. The van der Waals surface area contributed by atoms with Gasteiger partial charge in [0.1, 0.15) is 10.8 Å². The smallest absolute Gasteiger partial charge is 0.326 e. The molecule has 188 valence electrons. The zero-order chi connectivity index (χ0) is 25.8. The number of aliphatic hydroxyl groups excluding tert-OH is 3. The van der Waals surface area contributed by atoms with E-state index in [0.29, 0.717) is 19.6 Å². The Hall–Kier alpha value is -2.52. The number of hydrogen-bond donors (Lipinski definition) is 4. The number of aliphatic carboxylic acids is 1. The van der Waals surface area contributed by atoms with E-state index in [4.69, 9.17) is 20.1 Å². The van der Waals surface area contributed by atoms with Gasteiger partial charge in [0.15, 0.2) is 0 Å². The van der Waals surface area contributed by atoms with Crippen LogP contribution < -0.4 is 0 Å². The summed E-state index contributed by atoms with van der Waals surface area (Å²) in [7, 11) is 0. The summed E-state index contributed by atoms with van der Waals surface area (Å²) in [5.74, 6) is -1.80. The average Bonchev–Trinajstić information content (AvgIpc) is 2.77. The van der Waals surface area contributed by atoms with Crippen LogP contribution in [0.2, 0.25) is 0 Å². The quantitative estimate of drug-likeness (QED) is 0.174. The van der Waals surface area contributed by atoms with E-state index >= 15 is 0 Å². The van der Waals surface area contributed by atoms with E-state index in [1.807, 2.05) is 0 Å². The Morgan fingerprint density at radius 3 is 1.33 bits per heavy atom. The van der Waals surface area contributed by atoms with E-state index in [1.165, 1.54) is 18.4 Å². The van der Waals surface area contributed by atoms with Gasteiger partial charge in [-0.25, -0.2) is 0 Å². The van der Waals surface area contributed by atoms with Gasteiger partial charge < -0.3 is 25.2 Å². The van der Waals surface area contributed by atoms with E-state index < -0.39 is 22.8 Å². The molecule has 0 unspecified atom stereocenters. The second-order valence-electron chi connectivity index (χ2n) is 6.93. The molecular formula is C25H41NO7. The molecule has 0 bridgehead atoms. The highest BCUT2D eigenvalue weighted by molar-refractivity contribution is 5.94. The highest BCUT2D eigenvalue weighted by Gasteiger charge is 2.56. The van der Waals surface area contributed by atoms with Crippen LogP contribution in [0.3, 0.4) is 0 Å². The zero-order valence-corrected chi connectivity index (χ0v) is 20.5. The lowest BCUT2D eigenvalue weighted by Crippen LogP contribution is -2.48. The van der Waals surface area contributed by atoms with Crippen LogP contribution in [0.5, 0.6) is 0 Å². The number of aliphatic hydroxyl groups is 3. The maximum atomic E-state index is 12.8. The van der Waals surface area contributed by atoms with Gasteiger partial charge in [0.25, 0.3) is 0 Å². The highest BCUT2D eigenvalue weighted by atomic mass is 16.5. The third-order valence-corrected chi connectivity index (χ3v) is 4.65. The van der Waals surface area contributed by atoms with E-state index in [1.54, 1.807) is 82.1 Å². The molecule has 0 atom stereocenters. The van der Waals surface area contributed by atoms with E-state index in [9.17, 15) is 14.7 Å². The summed E-state index contributed by atoms with van der Waals surface area (Å²) in [6.07, 6.45) is 15.5. The van der Waals surface area contributed by atoms with Crippen molar-refractivity contribution in [3.8, 4) is 0 Å². The van der Waals surface area contributed by atoms with Crippen LogP contribution >= 0.6 is 0 Å². The Morgan fingerprint density at radius 2 is 1.06 bits per heavy atom. The fraction of sp³-hybridized carbons (Fsp3) is 0.520. The second kappa shape index (κ2) is 19.0. The number of rotatable bonds is 14. The average molecular weight is 468 g/mol. The second-order valence-corrected chi connectivity index (χ2v) is 6.93. The Bertz CT molecular complexity index is 655. The number of nitrogens with zero attached hydrogens (tertiary/aromatic N) is 1. The molecule has 0 aromatic heterocycles. The SMILES string of the molecule is CC=COC(=O)C(C=CC)(C=CC)C(C=CC)(C=CC)C(=O)O.OCCN(CCO)CCO. The number of ether oxygens (including phenoxy) is 1. The molecule has 0 amide bonds. The third-order valence-electron chi connectivity index (χ3n) is 4.65. The molecule has 0 aliphatic heterocycles. The number of carboxylic acid groups (broad SMARTS) is 1. The molecule has 0 aromatic rings. The third kappa shape index (κ3) is 9.88. The van der Waals surface area contributed by atoms with Crippen LogP contribution in [0, 0.1) is 10.8 Å². The van der Waals surface area contributed by atoms with E-state index in [-0.39, 0.29) is 19.8 Å². The van der Waals surface area contributed by atoms with Crippen LogP contribution in [-0.2, 0) is 14.3 Å². The largest absolute Gasteiger partial charge is 0.480 e. The minimum Gasteiger partial charge on any atom is -0.480 e. The van der Waals surface area contributed by atoms with Crippen molar-refractivity contribution < 1.29 is 34.8 Å². The van der Waals surface area contributed by atoms with Gasteiger partial charge in [-0.05, 0) is 34.6 Å². The topological polar surface area (TPSA) is 128 Å². The predicted molar refractivity (Wildman–Crippen MR) is 130 cm³/mol. The maximum Gasteiger partial charge on any atom is 0.326 e. The minimum absolute atomic E-state index is 0.0694. The Labute approximate surface area is 197 Å². The molecule has 4 N–H and O–H groups in total. The molecule has 0 spiro atoms. The first-order valence-electron chi connectivity index (χ1n) is 10.9. The first-order valence-corrected chi connectivity index (χ1v) is 10.9. The van der Waals surface area contributed by atoms with Crippen LogP contribution in [-0.4, -0.2) is 76.7 Å². The zero-order valence-electron chi connectivity index (χ0n) is 20.5. The summed E-state index contributed by atoms with van der Waals surface area (Å²) >= 11 is 0. The normalized spacial score (nSPS) is 15.9. The first kappa shape index (κ1) is 32.7. The van der Waals surface area contributed by atoms with Crippen molar-refractivity contribution in [1.29, 1.82) is 0 Å². The standard InChI is InChI=1S/C19H26O4.C6H15NO3/c1-6-11-18(12-7-2,16(20)21)19(13-8-3,14-9-4)17(22)23-15-10-5;8-4-1-7(2-5-9)3-6-10/h6-15H,1-5H3,(H,20,21);8-10H,1-6H2. The summed E-state index contributed by atoms with van der Waals surface area (Å²) in [4.78, 5) is 26.8. The molecule has 8 heteroatoms. The van der Waals surface area contributed by atoms with Crippen molar-refractivity contribution in [3.05, 3.63) is 60.9 Å². The Morgan fingerprint density at radius 1 is 0.697 bits per heavy atom. The fourth-order valence-corrected chi connectivity index (χ4v) is 3.33. The number of esters is 1. The number of carbonyl (C=O) groups excluding carboxylic acids is 1. The van der Waals surface area contributed by atoms with Gasteiger partial charge in [-0.1, -0.05) is 54.7 Å². The van der Waals surface area contributed by atoms with Crippen molar-refractivity contribution in [2.24, 2.45) is 10.8 Å². The monoisotopic (exact) mass is 467 g/mol. The maximum absolute atomic E-state index is 12.8. The van der Waals surface area contributed by atoms with Gasteiger partial charge in [-0.2, -0.15) is 0 Å². The molecule has 33 heavy (non-hydrogen) atoms. The molecule has 0 radical (unpaired) electrons. The predicted octanol–water partition coefficient (Wildman–Crippen LogP) is 2.69. The summed E-state index contributed by atoms with van der Waals surface area (Å²) < 4.78 is 5.16. The van der Waals surface area contributed by atoms with Gasteiger partial charge in [-0.15, -0.1) is 0 Å². The first-order chi connectivity index (χ1) is 15.8. The molecule has 0 aromatic carbocycles. The molecule has 0 rings (SSSR count). The van der Waals surface area contributed by atoms with Crippen LogP contribution in [0.15, 0.2) is 60.9 Å². The van der Waals surface area contributed by atoms with Crippen molar-refractivity contribution in [2.75, 3.05) is 39.5 Å². The van der Waals surface area contributed by atoms with Gasteiger partial charge in [0, 0.05) is 19.6 Å². The van der Waals surface area contributed by atoms with Crippen molar-refractivity contribution in [3.63, 3.8) is 0 Å². The van der Waals surface area contributed by atoms with Gasteiger partial charge in [0.2, 0.25) is 0 Å². The fourth-order valence-electron chi connectivity index (χ4n) is 3.33. The van der Waals surface area contributed by atoms with Gasteiger partial charge in [-0.3, -0.25) is 14.5 Å². The number of carboxylic acids is 1. The van der Waals surface area contributed by atoms with Crippen molar-refractivity contribution >= 4 is 11.9 Å². The minimum atomic E-state index is -1.59. The summed E-state index contributed by atoms with van der Waals surface area (Å²) in [5, 5.41) is 35.4. The Balaban J connectivity index is 0. The van der Waals surface area contributed by atoms with E-state index in [0.717, 1.165) is 0 Å². The van der Waals surface area contributed by atoms with Crippen LogP contribution in [0.25, 0.3) is 0 Å². The molecule has 0 aliphatic carbocycles. The summed E-state index contributed by atoms with van der Waals surface area (Å²) in [5.41, 5.74) is -3.09. The summed E-state index contributed by atoms with van der Waals surface area (Å²) in [6, 6.07) is 0. The molecule has 0 saturated carbocycles. The van der Waals surface area contributed by atoms with Gasteiger partial charge >= 0.3 is 11.9 Å². The number of allylic oxidation sites excluding steroid dienone is 5. The molecule has 0 heterocycles. The van der Waals surface area contributed by atoms with Crippen LogP contribution in [0.1, 0.15) is 34.6 Å². The number of hydrogen-bond acceptors (Lipinski definition) is 7. The lowest BCUT2D eigenvalue weighted by molar-refractivity contribution is -0.159. The lowest BCUT2D eigenvalue weighted by Gasteiger charge is -2.38. The Kier molecular flexibility index (Phi) is 18.8.